The van der Waals surface area contributed by atoms with Gasteiger partial charge in [0.05, 0.1) is 30.9 Å². The molecule has 1 fully saturated rings. The number of rotatable bonds is 1. The molecule has 3 unspecified atom stereocenters. The van der Waals surface area contributed by atoms with E-state index in [-0.39, 0.29) is 29.9 Å². The number of hydrogen-bond acceptors (Lipinski definition) is 4. The highest BCUT2D eigenvalue weighted by Crippen LogP contribution is 2.59. The summed E-state index contributed by atoms with van der Waals surface area (Å²) in [6.45, 7) is 2.91. The van der Waals surface area contributed by atoms with Crippen LogP contribution in [0, 0.1) is 17.3 Å². The van der Waals surface area contributed by atoms with Gasteiger partial charge in [0.1, 0.15) is 6.10 Å². The molecule has 4 heteroatoms. The van der Waals surface area contributed by atoms with Crippen molar-refractivity contribution in [2.45, 2.75) is 51.2 Å². The Kier molecular flexibility index (Phi) is 2.84. The number of ether oxygens (including phenoxy) is 1. The van der Waals surface area contributed by atoms with Crippen LogP contribution in [0.5, 0.6) is 0 Å². The smallest absolute Gasteiger partial charge is 0.111 e. The Bertz CT molecular complexity index is 534. The second kappa shape index (κ2) is 4.75. The van der Waals surface area contributed by atoms with Crippen LogP contribution in [0.25, 0.3) is 0 Å². The van der Waals surface area contributed by atoms with E-state index in [1.165, 1.54) is 5.57 Å². The Morgan fingerprint density at radius 1 is 1.52 bits per heavy atom. The van der Waals surface area contributed by atoms with Crippen LogP contribution < -0.4 is 0 Å². The third-order valence-corrected chi connectivity index (χ3v) is 5.57. The van der Waals surface area contributed by atoms with Gasteiger partial charge in [-0.15, -0.1) is 0 Å². The van der Waals surface area contributed by atoms with Gasteiger partial charge in [0.15, 0.2) is 0 Å². The van der Waals surface area contributed by atoms with Gasteiger partial charge in [0.25, 0.3) is 0 Å². The number of aliphatic hydroxyl groups excluding tert-OH is 1. The fourth-order valence-corrected chi connectivity index (χ4v) is 4.73. The highest BCUT2D eigenvalue weighted by Gasteiger charge is 2.55. The summed E-state index contributed by atoms with van der Waals surface area (Å²) in [4.78, 5) is 5.44. The van der Waals surface area contributed by atoms with E-state index < -0.39 is 0 Å². The Hall–Kier alpha value is -1.00. The summed E-state index contributed by atoms with van der Waals surface area (Å²) in [6, 6.07) is 0. The van der Waals surface area contributed by atoms with Crippen molar-refractivity contribution in [3.8, 4) is 0 Å². The molecule has 1 N–H and O–H groups in total. The van der Waals surface area contributed by atoms with Crippen molar-refractivity contribution in [2.75, 3.05) is 13.7 Å². The molecule has 0 radical (unpaired) electrons. The summed E-state index contributed by atoms with van der Waals surface area (Å²) >= 11 is 0. The molecule has 6 atom stereocenters. The van der Waals surface area contributed by atoms with Gasteiger partial charge in [-0.1, -0.05) is 13.0 Å². The van der Waals surface area contributed by atoms with Crippen LogP contribution in [-0.4, -0.2) is 36.0 Å². The van der Waals surface area contributed by atoms with Gasteiger partial charge < -0.3 is 9.84 Å². The van der Waals surface area contributed by atoms with E-state index in [1.54, 1.807) is 7.11 Å². The lowest BCUT2D eigenvalue weighted by Gasteiger charge is -2.41. The minimum atomic E-state index is -0.348. The van der Waals surface area contributed by atoms with Crippen molar-refractivity contribution in [1.29, 1.82) is 0 Å². The van der Waals surface area contributed by atoms with Crippen LogP contribution in [-0.2, 0) is 9.57 Å². The van der Waals surface area contributed by atoms with E-state index in [0.717, 1.165) is 31.6 Å². The summed E-state index contributed by atoms with van der Waals surface area (Å²) in [5.74, 6) is 1.53. The Morgan fingerprint density at radius 2 is 2.38 bits per heavy atom. The van der Waals surface area contributed by atoms with Crippen molar-refractivity contribution >= 4 is 0 Å². The van der Waals surface area contributed by atoms with E-state index in [9.17, 15) is 5.11 Å². The maximum absolute atomic E-state index is 10.2. The fourth-order valence-electron chi connectivity index (χ4n) is 4.73. The predicted octanol–water partition coefficient (Wildman–Crippen LogP) is 2.61. The van der Waals surface area contributed by atoms with Gasteiger partial charge in [-0.25, -0.2) is 0 Å². The van der Waals surface area contributed by atoms with Crippen LogP contribution >= 0.6 is 0 Å². The molecular weight excluding hydrogens is 266 g/mol. The standard InChI is InChI=1S/C17H25NO3/c1-11-3-4-15-17(9-11)5-6-18(20-2)10-12-7-13(19)8-14(21-15)16(12)17/h5-6,11-13,15,19H,3-4,7-10H2,1-2H3/t11?,12-,13-,15+,17?/m1/s1/i9D/t9?,11?,12-,13-,15+,17?. The molecule has 0 aromatic heterocycles. The molecule has 0 saturated heterocycles. The van der Waals surface area contributed by atoms with Crippen molar-refractivity contribution in [3.63, 3.8) is 0 Å². The first-order chi connectivity index (χ1) is 10.6. The lowest BCUT2D eigenvalue weighted by molar-refractivity contribution is -0.0967. The molecule has 4 rings (SSSR count). The quantitative estimate of drug-likeness (QED) is 0.806. The van der Waals surface area contributed by atoms with Crippen molar-refractivity contribution in [3.05, 3.63) is 23.6 Å². The first-order valence-electron chi connectivity index (χ1n) is 8.64. The van der Waals surface area contributed by atoms with Crippen molar-refractivity contribution < 1.29 is 16.1 Å². The molecule has 4 nitrogen and oxygen atoms in total. The van der Waals surface area contributed by atoms with Gasteiger partial charge in [-0.3, -0.25) is 9.90 Å². The summed E-state index contributed by atoms with van der Waals surface area (Å²) < 4.78 is 15.2. The van der Waals surface area contributed by atoms with Crippen LogP contribution in [0.15, 0.2) is 23.6 Å². The average molecular weight is 292 g/mol. The summed E-state index contributed by atoms with van der Waals surface area (Å²) in [5, 5.41) is 12.1. The Morgan fingerprint density at radius 3 is 3.19 bits per heavy atom. The van der Waals surface area contributed by atoms with Crippen LogP contribution in [0.3, 0.4) is 0 Å². The predicted molar refractivity (Wildman–Crippen MR) is 78.9 cm³/mol. The molecule has 1 saturated carbocycles. The molecule has 2 heterocycles. The maximum Gasteiger partial charge on any atom is 0.111 e. The zero-order valence-corrected chi connectivity index (χ0v) is 12.8. The van der Waals surface area contributed by atoms with Gasteiger partial charge in [-0.05, 0) is 37.2 Å². The van der Waals surface area contributed by atoms with E-state index in [2.05, 4.69) is 13.0 Å². The summed E-state index contributed by atoms with van der Waals surface area (Å²) in [6.07, 6.45) is 7.03. The number of nitrogens with zero attached hydrogens (tertiary/aromatic N) is 1. The third kappa shape index (κ3) is 1.95. The summed E-state index contributed by atoms with van der Waals surface area (Å²) in [5.41, 5.74) is 0.954. The average Bonchev–Trinajstić information content (AvgIpc) is 2.71. The molecule has 0 amide bonds. The largest absolute Gasteiger partial charge is 0.493 e. The first kappa shape index (κ1) is 12.5. The Labute approximate surface area is 127 Å². The lowest BCUT2D eigenvalue weighted by atomic mass is 9.61. The normalized spacial score (nSPS) is 49.2. The zero-order valence-electron chi connectivity index (χ0n) is 13.8. The van der Waals surface area contributed by atoms with E-state index in [0.29, 0.717) is 12.3 Å². The monoisotopic (exact) mass is 292 g/mol. The molecule has 116 valence electrons. The zero-order chi connectivity index (χ0) is 15.5. The first-order valence-corrected chi connectivity index (χ1v) is 8.07. The van der Waals surface area contributed by atoms with Gasteiger partial charge in [-0.2, -0.15) is 0 Å². The molecule has 0 bridgehead atoms. The molecule has 2 aliphatic heterocycles. The molecule has 2 aliphatic carbocycles. The molecule has 0 aromatic carbocycles. The minimum absolute atomic E-state index is 0.0528. The highest BCUT2D eigenvalue weighted by molar-refractivity contribution is 5.38. The molecule has 4 aliphatic rings. The van der Waals surface area contributed by atoms with E-state index >= 15 is 0 Å². The SMILES string of the molecule is [2H]C1C(C)CC[C@@H]2OC3=C4[C@H](C[C@@H](O)C3)CN(OC)C=CC412. The second-order valence-electron chi connectivity index (χ2n) is 6.99. The van der Waals surface area contributed by atoms with Gasteiger partial charge in [0.2, 0.25) is 0 Å². The number of aliphatic hydroxyl groups is 1. The van der Waals surface area contributed by atoms with Crippen LogP contribution in [0.1, 0.15) is 40.4 Å². The Balaban J connectivity index is 1.86. The topological polar surface area (TPSA) is 41.9 Å². The lowest BCUT2D eigenvalue weighted by Crippen LogP contribution is -2.40. The second-order valence-corrected chi connectivity index (χ2v) is 6.99. The molecular formula is C17H25NO3. The maximum atomic E-state index is 10.2. The number of hydroxylamine groups is 2. The van der Waals surface area contributed by atoms with Crippen LogP contribution in [0.4, 0.5) is 0 Å². The fraction of sp³-hybridized carbons (Fsp3) is 0.765. The van der Waals surface area contributed by atoms with Crippen molar-refractivity contribution in [2.24, 2.45) is 17.3 Å². The molecule has 0 aromatic rings. The van der Waals surface area contributed by atoms with Gasteiger partial charge >= 0.3 is 0 Å². The minimum Gasteiger partial charge on any atom is -0.493 e. The summed E-state index contributed by atoms with van der Waals surface area (Å²) in [7, 11) is 1.67. The van der Waals surface area contributed by atoms with E-state index in [1.807, 2.05) is 11.3 Å². The molecule has 21 heavy (non-hydrogen) atoms. The molecule has 1 spiro atoms. The third-order valence-electron chi connectivity index (χ3n) is 5.57. The van der Waals surface area contributed by atoms with Gasteiger partial charge in [0, 0.05) is 19.9 Å². The van der Waals surface area contributed by atoms with Crippen molar-refractivity contribution in [1.82, 2.24) is 5.06 Å². The van der Waals surface area contributed by atoms with Crippen LogP contribution in [0.2, 0.25) is 0 Å². The van der Waals surface area contributed by atoms with E-state index in [4.69, 9.17) is 10.9 Å². The number of hydrogen-bond donors (Lipinski definition) is 1. The highest BCUT2D eigenvalue weighted by atomic mass is 16.7.